The third kappa shape index (κ3) is 1.85. The van der Waals surface area contributed by atoms with Gasteiger partial charge in [0.05, 0.1) is 5.56 Å². The van der Waals surface area contributed by atoms with Gasteiger partial charge in [-0.05, 0) is 36.4 Å². The molecule has 2 aliphatic rings. The van der Waals surface area contributed by atoms with Gasteiger partial charge in [0, 0.05) is 16.5 Å². The van der Waals surface area contributed by atoms with Crippen molar-refractivity contribution in [2.24, 2.45) is 10.7 Å². The number of carbonyl (C=O) groups excluding carboxylic acids is 1. The van der Waals surface area contributed by atoms with Gasteiger partial charge in [0.15, 0.2) is 11.5 Å². The topological polar surface area (TPSA) is 73.9 Å². The van der Waals surface area contributed by atoms with Crippen LogP contribution in [0.5, 0.6) is 11.5 Å². The van der Waals surface area contributed by atoms with Crippen LogP contribution in [0.1, 0.15) is 27.0 Å². The lowest BCUT2D eigenvalue weighted by molar-refractivity contribution is 0.101. The average molecular weight is 344 g/mol. The number of fused-ring (bicyclic) bond motifs is 4. The van der Waals surface area contributed by atoms with Crippen molar-refractivity contribution in [3.63, 3.8) is 0 Å². The summed E-state index contributed by atoms with van der Waals surface area (Å²) in [7, 11) is 0. The van der Waals surface area contributed by atoms with E-state index in [1.807, 2.05) is 50.2 Å². The summed E-state index contributed by atoms with van der Waals surface area (Å²) >= 11 is 0. The normalized spacial score (nSPS) is 14.7. The molecular weight excluding hydrogens is 328 g/mol. The first kappa shape index (κ1) is 15.0. The first-order chi connectivity index (χ1) is 12.6. The summed E-state index contributed by atoms with van der Waals surface area (Å²) in [5.41, 5.74) is 11.2. The van der Waals surface area contributed by atoms with Crippen LogP contribution in [0.4, 0.5) is 0 Å². The number of hydrogen-bond acceptors (Lipinski definition) is 4. The SMILES string of the molecule is Cc1ccc(-c2c3c(c(C)c4ccc5c(c24)OCO5)C(N)=NC3=O)cc1. The van der Waals surface area contributed by atoms with Gasteiger partial charge in [-0.1, -0.05) is 35.9 Å². The molecule has 0 saturated heterocycles. The molecule has 0 unspecified atom stereocenters. The van der Waals surface area contributed by atoms with Gasteiger partial charge in [0.2, 0.25) is 6.79 Å². The molecule has 0 aromatic heterocycles. The lowest BCUT2D eigenvalue weighted by atomic mass is 9.86. The van der Waals surface area contributed by atoms with E-state index in [-0.39, 0.29) is 18.5 Å². The van der Waals surface area contributed by atoms with Crippen LogP contribution in [0.2, 0.25) is 0 Å². The van der Waals surface area contributed by atoms with Crippen molar-refractivity contribution in [2.45, 2.75) is 13.8 Å². The number of hydrogen-bond donors (Lipinski definition) is 1. The van der Waals surface area contributed by atoms with E-state index in [9.17, 15) is 4.79 Å². The molecule has 0 bridgehead atoms. The molecule has 0 aliphatic carbocycles. The molecule has 3 aromatic rings. The zero-order valence-electron chi connectivity index (χ0n) is 14.4. The lowest BCUT2D eigenvalue weighted by Gasteiger charge is -2.17. The number of nitrogens with zero attached hydrogens (tertiary/aromatic N) is 1. The molecule has 26 heavy (non-hydrogen) atoms. The van der Waals surface area contributed by atoms with Crippen molar-refractivity contribution >= 4 is 22.5 Å². The van der Waals surface area contributed by atoms with Gasteiger partial charge in [-0.25, -0.2) is 0 Å². The van der Waals surface area contributed by atoms with Gasteiger partial charge < -0.3 is 15.2 Å². The predicted octanol–water partition coefficient (Wildman–Crippen LogP) is 3.71. The van der Waals surface area contributed by atoms with Crippen LogP contribution < -0.4 is 15.2 Å². The van der Waals surface area contributed by atoms with Crippen LogP contribution in [-0.2, 0) is 0 Å². The highest BCUT2D eigenvalue weighted by atomic mass is 16.7. The summed E-state index contributed by atoms with van der Waals surface area (Å²) in [6, 6.07) is 12.0. The lowest BCUT2D eigenvalue weighted by Crippen LogP contribution is -2.13. The van der Waals surface area contributed by atoms with Crippen molar-refractivity contribution in [3.8, 4) is 22.6 Å². The highest BCUT2D eigenvalue weighted by Gasteiger charge is 2.32. The van der Waals surface area contributed by atoms with Gasteiger partial charge in [0.1, 0.15) is 5.84 Å². The fourth-order valence-electron chi connectivity index (χ4n) is 3.87. The summed E-state index contributed by atoms with van der Waals surface area (Å²) in [6.45, 7) is 4.16. The second-order valence-corrected chi connectivity index (χ2v) is 6.64. The molecule has 3 aromatic carbocycles. The first-order valence-corrected chi connectivity index (χ1v) is 8.41. The standard InChI is InChI=1S/C21H16N2O3/c1-10-3-5-12(6-4-10)16-17-13(7-8-14-19(17)26-9-25-14)11(2)15-18(16)21(24)23-20(15)22/h3-8H,9H2,1-2H3,(H2,22,23,24). The van der Waals surface area contributed by atoms with E-state index in [2.05, 4.69) is 4.99 Å². The zero-order valence-corrected chi connectivity index (χ0v) is 14.4. The summed E-state index contributed by atoms with van der Waals surface area (Å²) < 4.78 is 11.3. The molecule has 1 amide bonds. The van der Waals surface area contributed by atoms with E-state index in [1.54, 1.807) is 0 Å². The molecule has 2 aliphatic heterocycles. The van der Waals surface area contributed by atoms with Crippen molar-refractivity contribution in [1.29, 1.82) is 0 Å². The first-order valence-electron chi connectivity index (χ1n) is 8.41. The number of amides is 1. The Morgan fingerprint density at radius 3 is 2.50 bits per heavy atom. The second kappa shape index (κ2) is 5.08. The number of nitrogens with two attached hydrogens (primary N) is 1. The smallest absolute Gasteiger partial charge is 0.280 e. The molecular formula is C21H16N2O3. The Bertz CT molecular complexity index is 1140. The summed E-state index contributed by atoms with van der Waals surface area (Å²) in [5.74, 6) is 1.32. The Kier molecular flexibility index (Phi) is 2.92. The minimum Gasteiger partial charge on any atom is -0.454 e. The maximum absolute atomic E-state index is 12.7. The Hall–Kier alpha value is -3.34. The fourth-order valence-corrected chi connectivity index (χ4v) is 3.87. The van der Waals surface area contributed by atoms with E-state index >= 15 is 0 Å². The molecule has 0 fully saturated rings. The van der Waals surface area contributed by atoms with E-state index in [0.29, 0.717) is 17.1 Å². The third-order valence-corrected chi connectivity index (χ3v) is 5.10. The van der Waals surface area contributed by atoms with Crippen LogP contribution in [0.3, 0.4) is 0 Å². The third-order valence-electron chi connectivity index (χ3n) is 5.10. The molecule has 2 heterocycles. The minimum atomic E-state index is -0.311. The zero-order chi connectivity index (χ0) is 18.0. The minimum absolute atomic E-state index is 0.171. The summed E-state index contributed by atoms with van der Waals surface area (Å²) in [6.07, 6.45) is 0. The van der Waals surface area contributed by atoms with Crippen LogP contribution in [-0.4, -0.2) is 18.5 Å². The Balaban J connectivity index is 2.01. The predicted molar refractivity (Wildman–Crippen MR) is 100 cm³/mol. The molecule has 0 spiro atoms. The number of aryl methyl sites for hydroxylation is 2. The van der Waals surface area contributed by atoms with Crippen LogP contribution >= 0.6 is 0 Å². The quantitative estimate of drug-likeness (QED) is 0.730. The molecule has 5 heteroatoms. The second-order valence-electron chi connectivity index (χ2n) is 6.64. The number of rotatable bonds is 1. The number of carbonyl (C=O) groups is 1. The monoisotopic (exact) mass is 344 g/mol. The van der Waals surface area contributed by atoms with Crippen molar-refractivity contribution in [3.05, 3.63) is 58.7 Å². The van der Waals surface area contributed by atoms with Crippen molar-refractivity contribution in [2.75, 3.05) is 6.79 Å². The van der Waals surface area contributed by atoms with E-state index in [4.69, 9.17) is 15.2 Å². The van der Waals surface area contributed by atoms with Crippen LogP contribution in [0.25, 0.3) is 21.9 Å². The highest BCUT2D eigenvalue weighted by Crippen LogP contribution is 2.48. The number of benzene rings is 3. The van der Waals surface area contributed by atoms with Gasteiger partial charge >= 0.3 is 0 Å². The highest BCUT2D eigenvalue weighted by molar-refractivity contribution is 6.28. The van der Waals surface area contributed by atoms with Gasteiger partial charge in [-0.3, -0.25) is 4.79 Å². The molecule has 0 atom stereocenters. The molecule has 0 saturated carbocycles. The molecule has 5 nitrogen and oxygen atoms in total. The van der Waals surface area contributed by atoms with Gasteiger partial charge in [-0.2, -0.15) is 4.99 Å². The van der Waals surface area contributed by atoms with Gasteiger partial charge in [0.25, 0.3) is 5.91 Å². The molecule has 128 valence electrons. The van der Waals surface area contributed by atoms with Crippen molar-refractivity contribution in [1.82, 2.24) is 0 Å². The van der Waals surface area contributed by atoms with Crippen LogP contribution in [0, 0.1) is 13.8 Å². The van der Waals surface area contributed by atoms with Crippen molar-refractivity contribution < 1.29 is 14.3 Å². The van der Waals surface area contributed by atoms with Gasteiger partial charge in [-0.15, -0.1) is 0 Å². The average Bonchev–Trinajstić information content (AvgIpc) is 3.21. The summed E-state index contributed by atoms with van der Waals surface area (Å²) in [5, 5.41) is 1.86. The van der Waals surface area contributed by atoms with E-state index in [1.165, 1.54) is 0 Å². The Labute approximate surface area is 150 Å². The number of ether oxygens (including phenoxy) is 2. The largest absolute Gasteiger partial charge is 0.454 e. The molecule has 2 N–H and O–H groups in total. The molecule has 5 rings (SSSR count). The Morgan fingerprint density at radius 2 is 1.73 bits per heavy atom. The van der Waals surface area contributed by atoms with Crippen LogP contribution in [0.15, 0.2) is 41.4 Å². The fraction of sp³-hybridized carbons (Fsp3) is 0.143. The molecule has 0 radical (unpaired) electrons. The number of amidine groups is 1. The van der Waals surface area contributed by atoms with E-state index < -0.39 is 0 Å². The summed E-state index contributed by atoms with van der Waals surface area (Å²) in [4.78, 5) is 16.7. The van der Waals surface area contributed by atoms with E-state index in [0.717, 1.165) is 38.6 Å². The Morgan fingerprint density at radius 1 is 0.962 bits per heavy atom. The number of aliphatic imine (C=N–C) groups is 1. The maximum atomic E-state index is 12.7. The maximum Gasteiger partial charge on any atom is 0.280 e.